The minimum Gasteiger partial charge on any atom is -0.478 e. The maximum atomic E-state index is 7.86. The van der Waals surface area contributed by atoms with Crippen LogP contribution < -0.4 is 0 Å². The molecule has 0 unspecified atom stereocenters. The van der Waals surface area contributed by atoms with E-state index in [1.54, 1.807) is 0 Å². The van der Waals surface area contributed by atoms with Crippen molar-refractivity contribution in [1.29, 1.82) is 5.41 Å². The highest BCUT2D eigenvalue weighted by atomic mass is 16.5. The average molecular weight is 213 g/mol. The highest BCUT2D eigenvalue weighted by Gasteiger charge is 2.08. The summed E-state index contributed by atoms with van der Waals surface area (Å²) in [4.78, 5) is 0. The van der Waals surface area contributed by atoms with Crippen LogP contribution in [0.5, 0.6) is 0 Å². The first kappa shape index (κ1) is 10.7. The highest BCUT2D eigenvalue weighted by molar-refractivity contribution is 6.06. The highest BCUT2D eigenvalue weighted by Crippen LogP contribution is 2.22. The first-order valence-corrected chi connectivity index (χ1v) is 5.44. The molecule has 0 spiro atoms. The molecule has 0 aromatic heterocycles. The van der Waals surface area contributed by atoms with Crippen LogP contribution in [0, 0.1) is 12.3 Å². The summed E-state index contributed by atoms with van der Waals surface area (Å²) in [7, 11) is 0. The lowest BCUT2D eigenvalue weighted by Gasteiger charge is -2.10. The Balaban J connectivity index is 2.63. The molecule has 0 amide bonds. The van der Waals surface area contributed by atoms with Crippen LogP contribution in [0.2, 0.25) is 0 Å². The molecule has 2 aromatic rings. The van der Waals surface area contributed by atoms with Crippen molar-refractivity contribution in [3.05, 3.63) is 47.5 Å². The maximum Gasteiger partial charge on any atom is 0.213 e. The fourth-order valence-electron chi connectivity index (χ4n) is 1.87. The second-order valence-corrected chi connectivity index (χ2v) is 3.74. The Morgan fingerprint density at radius 1 is 1.12 bits per heavy atom. The lowest BCUT2D eigenvalue weighted by molar-refractivity contribution is 0.326. The molecular formula is C14H15NO. The fourth-order valence-corrected chi connectivity index (χ4v) is 1.87. The summed E-state index contributed by atoms with van der Waals surface area (Å²) in [6.45, 7) is 4.50. The number of ether oxygens (including phenoxy) is 1. The SMILES string of the molecule is CCOC(=N)c1ccc(C)c2ccccc12. The molecule has 16 heavy (non-hydrogen) atoms. The Bertz CT molecular complexity index is 531. The van der Waals surface area contributed by atoms with Crippen molar-refractivity contribution in [3.8, 4) is 0 Å². The fraction of sp³-hybridized carbons (Fsp3) is 0.214. The van der Waals surface area contributed by atoms with Gasteiger partial charge in [-0.3, -0.25) is 5.41 Å². The third kappa shape index (κ3) is 1.78. The van der Waals surface area contributed by atoms with Crippen LogP contribution in [0.25, 0.3) is 10.8 Å². The largest absolute Gasteiger partial charge is 0.478 e. The summed E-state index contributed by atoms with van der Waals surface area (Å²) in [6.07, 6.45) is 0. The van der Waals surface area contributed by atoms with Gasteiger partial charge in [-0.05, 0) is 36.2 Å². The van der Waals surface area contributed by atoms with Crippen molar-refractivity contribution >= 4 is 16.7 Å². The number of benzene rings is 2. The van der Waals surface area contributed by atoms with E-state index in [1.165, 1.54) is 10.9 Å². The van der Waals surface area contributed by atoms with E-state index in [0.29, 0.717) is 6.61 Å². The van der Waals surface area contributed by atoms with E-state index in [1.807, 2.05) is 37.3 Å². The van der Waals surface area contributed by atoms with Crippen molar-refractivity contribution in [2.75, 3.05) is 6.61 Å². The molecule has 1 N–H and O–H groups in total. The number of hydrogen-bond donors (Lipinski definition) is 1. The summed E-state index contributed by atoms with van der Waals surface area (Å²) in [6, 6.07) is 12.1. The third-order valence-corrected chi connectivity index (χ3v) is 2.68. The molecule has 2 rings (SSSR count). The van der Waals surface area contributed by atoms with Crippen molar-refractivity contribution in [2.45, 2.75) is 13.8 Å². The summed E-state index contributed by atoms with van der Waals surface area (Å²) < 4.78 is 5.26. The molecule has 2 nitrogen and oxygen atoms in total. The zero-order valence-corrected chi connectivity index (χ0v) is 9.58. The molecule has 0 aliphatic carbocycles. The van der Waals surface area contributed by atoms with Crippen LogP contribution in [-0.2, 0) is 4.74 Å². The van der Waals surface area contributed by atoms with Gasteiger partial charge in [-0.1, -0.05) is 30.3 Å². The molecule has 0 radical (unpaired) electrons. The summed E-state index contributed by atoms with van der Waals surface area (Å²) in [5, 5.41) is 10.1. The Hall–Kier alpha value is -1.83. The van der Waals surface area contributed by atoms with Crippen LogP contribution in [-0.4, -0.2) is 12.5 Å². The van der Waals surface area contributed by atoms with Gasteiger partial charge in [0.1, 0.15) is 0 Å². The molecule has 2 aromatic carbocycles. The van der Waals surface area contributed by atoms with Gasteiger partial charge in [0.15, 0.2) is 0 Å². The lowest BCUT2D eigenvalue weighted by atomic mass is 10.0. The topological polar surface area (TPSA) is 33.1 Å². The molecule has 0 bridgehead atoms. The van der Waals surface area contributed by atoms with Crippen LogP contribution in [0.15, 0.2) is 36.4 Å². The van der Waals surface area contributed by atoms with Gasteiger partial charge in [-0.25, -0.2) is 0 Å². The first-order chi connectivity index (χ1) is 7.74. The molecular weight excluding hydrogens is 198 g/mol. The molecule has 0 saturated carbocycles. The van der Waals surface area contributed by atoms with Gasteiger partial charge < -0.3 is 4.74 Å². The Morgan fingerprint density at radius 2 is 1.81 bits per heavy atom. The van der Waals surface area contributed by atoms with Crippen molar-refractivity contribution in [3.63, 3.8) is 0 Å². The molecule has 2 heteroatoms. The van der Waals surface area contributed by atoms with E-state index in [4.69, 9.17) is 10.1 Å². The van der Waals surface area contributed by atoms with Gasteiger partial charge in [0.2, 0.25) is 5.90 Å². The van der Waals surface area contributed by atoms with E-state index >= 15 is 0 Å². The van der Waals surface area contributed by atoms with Crippen LogP contribution >= 0.6 is 0 Å². The molecule has 82 valence electrons. The van der Waals surface area contributed by atoms with Gasteiger partial charge in [0.05, 0.1) is 6.61 Å². The van der Waals surface area contributed by atoms with Gasteiger partial charge in [-0.15, -0.1) is 0 Å². The van der Waals surface area contributed by atoms with Gasteiger partial charge >= 0.3 is 0 Å². The Kier molecular flexibility index (Phi) is 2.91. The Labute approximate surface area is 95.4 Å². The minimum absolute atomic E-state index is 0.249. The zero-order chi connectivity index (χ0) is 11.5. The predicted molar refractivity (Wildman–Crippen MR) is 67.1 cm³/mol. The molecule has 0 saturated heterocycles. The van der Waals surface area contributed by atoms with Crippen LogP contribution in [0.1, 0.15) is 18.1 Å². The second-order valence-electron chi connectivity index (χ2n) is 3.74. The van der Waals surface area contributed by atoms with Crippen molar-refractivity contribution < 1.29 is 4.74 Å². The average Bonchev–Trinajstić information content (AvgIpc) is 2.30. The number of rotatable bonds is 2. The first-order valence-electron chi connectivity index (χ1n) is 5.44. The molecule has 0 aliphatic rings. The zero-order valence-electron chi connectivity index (χ0n) is 9.58. The van der Waals surface area contributed by atoms with Gasteiger partial charge in [0.25, 0.3) is 0 Å². The summed E-state index contributed by atoms with van der Waals surface area (Å²) >= 11 is 0. The van der Waals surface area contributed by atoms with Gasteiger partial charge in [0, 0.05) is 5.56 Å². The molecule has 0 fully saturated rings. The summed E-state index contributed by atoms with van der Waals surface area (Å²) in [5.41, 5.74) is 2.09. The van der Waals surface area contributed by atoms with Gasteiger partial charge in [-0.2, -0.15) is 0 Å². The third-order valence-electron chi connectivity index (χ3n) is 2.68. The van der Waals surface area contributed by atoms with E-state index in [9.17, 15) is 0 Å². The smallest absolute Gasteiger partial charge is 0.213 e. The van der Waals surface area contributed by atoms with Crippen LogP contribution in [0.3, 0.4) is 0 Å². The number of nitrogens with one attached hydrogen (secondary N) is 1. The van der Waals surface area contributed by atoms with E-state index in [0.717, 1.165) is 10.9 Å². The normalized spacial score (nSPS) is 10.4. The maximum absolute atomic E-state index is 7.86. The summed E-state index contributed by atoms with van der Waals surface area (Å²) in [5.74, 6) is 0.249. The van der Waals surface area contributed by atoms with E-state index < -0.39 is 0 Å². The van der Waals surface area contributed by atoms with Crippen molar-refractivity contribution in [1.82, 2.24) is 0 Å². The lowest BCUT2D eigenvalue weighted by Crippen LogP contribution is -2.05. The standard InChI is InChI=1S/C14H15NO/c1-3-16-14(15)13-9-8-10(2)11-6-4-5-7-12(11)13/h4-9,15H,3H2,1-2H3. The number of aryl methyl sites for hydroxylation is 1. The Morgan fingerprint density at radius 3 is 2.50 bits per heavy atom. The molecule has 0 heterocycles. The second kappa shape index (κ2) is 4.35. The number of fused-ring (bicyclic) bond motifs is 1. The minimum atomic E-state index is 0.249. The molecule has 0 atom stereocenters. The number of hydrogen-bond acceptors (Lipinski definition) is 2. The molecule has 0 aliphatic heterocycles. The van der Waals surface area contributed by atoms with Crippen LogP contribution in [0.4, 0.5) is 0 Å². The monoisotopic (exact) mass is 213 g/mol. The van der Waals surface area contributed by atoms with Crippen molar-refractivity contribution in [2.24, 2.45) is 0 Å². The quantitative estimate of drug-likeness (QED) is 0.601. The predicted octanol–water partition coefficient (Wildman–Crippen LogP) is 3.51. The van der Waals surface area contributed by atoms with E-state index in [-0.39, 0.29) is 5.90 Å². The van der Waals surface area contributed by atoms with E-state index in [2.05, 4.69) is 13.0 Å².